The predicted octanol–water partition coefficient (Wildman–Crippen LogP) is -3.52. The highest BCUT2D eigenvalue weighted by atomic mass is 16.4. The second kappa shape index (κ2) is 17.5. The average Bonchev–Trinajstić information content (AvgIpc) is 2.83. The Morgan fingerprint density at radius 1 is 0.763 bits per heavy atom. The Hall–Kier alpha value is -3.95. The lowest BCUT2D eigenvalue weighted by Crippen LogP contribution is -2.57. The van der Waals surface area contributed by atoms with Gasteiger partial charge in [-0.2, -0.15) is 0 Å². The molecule has 5 amide bonds. The van der Waals surface area contributed by atoms with Crippen LogP contribution in [-0.4, -0.2) is 77.3 Å². The molecule has 5 unspecified atom stereocenters. The van der Waals surface area contributed by atoms with Crippen LogP contribution in [0.15, 0.2) is 4.99 Å². The third-order valence-electron chi connectivity index (χ3n) is 5.74. The highest BCUT2D eigenvalue weighted by Crippen LogP contribution is 2.08. The van der Waals surface area contributed by atoms with E-state index in [4.69, 9.17) is 28.7 Å². The van der Waals surface area contributed by atoms with E-state index in [1.165, 1.54) is 0 Å². The van der Waals surface area contributed by atoms with E-state index in [0.717, 1.165) is 0 Å². The minimum atomic E-state index is -1.45. The number of carbonyl (C=O) groups is 6. The number of primary amides is 2. The van der Waals surface area contributed by atoms with Gasteiger partial charge >= 0.3 is 5.97 Å². The summed E-state index contributed by atoms with van der Waals surface area (Å²) in [5.74, 6) is -5.56. The Morgan fingerprint density at radius 3 is 1.66 bits per heavy atom. The van der Waals surface area contributed by atoms with Crippen molar-refractivity contribution in [2.75, 3.05) is 6.54 Å². The lowest BCUT2D eigenvalue weighted by atomic mass is 9.98. The number of nitrogens with zero attached hydrogens (tertiary/aromatic N) is 1. The van der Waals surface area contributed by atoms with Gasteiger partial charge in [0.15, 0.2) is 5.96 Å². The molecule has 0 heterocycles. The van der Waals surface area contributed by atoms with Crippen molar-refractivity contribution in [1.82, 2.24) is 16.0 Å². The maximum absolute atomic E-state index is 13.1. The number of nitrogens with two attached hydrogens (primary N) is 5. The van der Waals surface area contributed by atoms with Crippen LogP contribution in [0.4, 0.5) is 0 Å². The van der Waals surface area contributed by atoms with Crippen molar-refractivity contribution in [2.45, 2.75) is 83.0 Å². The number of guanidine groups is 1. The van der Waals surface area contributed by atoms with Gasteiger partial charge in [-0.1, -0.05) is 20.3 Å². The van der Waals surface area contributed by atoms with Crippen LogP contribution in [0.5, 0.6) is 0 Å². The van der Waals surface area contributed by atoms with Crippen LogP contribution in [0.25, 0.3) is 0 Å². The Morgan fingerprint density at radius 2 is 1.21 bits per heavy atom. The monoisotopic (exact) mass is 543 g/mol. The summed E-state index contributed by atoms with van der Waals surface area (Å²) in [6.45, 7) is 3.71. The predicted molar refractivity (Wildman–Crippen MR) is 138 cm³/mol. The molecule has 16 heteroatoms. The zero-order valence-corrected chi connectivity index (χ0v) is 21.8. The van der Waals surface area contributed by atoms with Crippen molar-refractivity contribution < 1.29 is 33.9 Å². The maximum atomic E-state index is 13.1. The molecule has 0 radical (unpaired) electrons. The minimum Gasteiger partial charge on any atom is -0.480 e. The van der Waals surface area contributed by atoms with Crippen LogP contribution in [0.2, 0.25) is 0 Å². The summed E-state index contributed by atoms with van der Waals surface area (Å²) in [5.41, 5.74) is 26.8. The summed E-state index contributed by atoms with van der Waals surface area (Å²) in [7, 11) is 0. The highest BCUT2D eigenvalue weighted by Gasteiger charge is 2.31. The van der Waals surface area contributed by atoms with Crippen LogP contribution < -0.4 is 44.6 Å². The molecule has 5 atom stereocenters. The maximum Gasteiger partial charge on any atom is 0.326 e. The Labute approximate surface area is 220 Å². The molecule has 0 aromatic carbocycles. The molecule has 0 aliphatic rings. The second-order valence-electron chi connectivity index (χ2n) is 8.89. The van der Waals surface area contributed by atoms with Crippen LogP contribution in [0, 0.1) is 5.92 Å². The number of hydrogen-bond donors (Lipinski definition) is 9. The van der Waals surface area contributed by atoms with Gasteiger partial charge in [0.05, 0.1) is 6.04 Å². The average molecular weight is 544 g/mol. The van der Waals surface area contributed by atoms with Gasteiger partial charge in [0.1, 0.15) is 18.1 Å². The van der Waals surface area contributed by atoms with Crippen molar-refractivity contribution in [3.63, 3.8) is 0 Å². The van der Waals surface area contributed by atoms with E-state index >= 15 is 0 Å². The molecule has 0 aliphatic carbocycles. The van der Waals surface area contributed by atoms with E-state index in [-0.39, 0.29) is 56.9 Å². The van der Waals surface area contributed by atoms with Gasteiger partial charge in [0, 0.05) is 19.4 Å². The van der Waals surface area contributed by atoms with Gasteiger partial charge in [0.25, 0.3) is 0 Å². The molecule has 0 bridgehead atoms. The number of carboxylic acids is 1. The lowest BCUT2D eigenvalue weighted by Gasteiger charge is -2.26. The smallest absolute Gasteiger partial charge is 0.326 e. The number of carbonyl (C=O) groups excluding carboxylic acids is 5. The first-order chi connectivity index (χ1) is 17.7. The molecule has 0 rings (SSSR count). The van der Waals surface area contributed by atoms with Gasteiger partial charge < -0.3 is 49.7 Å². The van der Waals surface area contributed by atoms with Crippen molar-refractivity contribution >= 4 is 41.5 Å². The van der Waals surface area contributed by atoms with Crippen LogP contribution in [0.1, 0.15) is 58.8 Å². The number of aliphatic carboxylic acids is 1. The van der Waals surface area contributed by atoms with Crippen molar-refractivity contribution in [3.8, 4) is 0 Å². The second-order valence-corrected chi connectivity index (χ2v) is 8.89. The Bertz CT molecular complexity index is 877. The van der Waals surface area contributed by atoms with E-state index in [9.17, 15) is 33.9 Å². The first-order valence-electron chi connectivity index (χ1n) is 12.2. The summed E-state index contributed by atoms with van der Waals surface area (Å²) in [4.78, 5) is 76.4. The number of hydrogen-bond acceptors (Lipinski definition) is 8. The van der Waals surface area contributed by atoms with Gasteiger partial charge in [-0.15, -0.1) is 0 Å². The molecular weight excluding hydrogens is 502 g/mol. The summed E-state index contributed by atoms with van der Waals surface area (Å²) < 4.78 is 0. The summed E-state index contributed by atoms with van der Waals surface area (Å²) in [6.07, 6.45) is -0.172. The van der Waals surface area contributed by atoms with Gasteiger partial charge in [-0.3, -0.25) is 29.0 Å². The molecule has 0 aromatic rings. The molecule has 0 spiro atoms. The van der Waals surface area contributed by atoms with Crippen molar-refractivity contribution in [1.29, 1.82) is 0 Å². The number of amides is 5. The largest absolute Gasteiger partial charge is 0.480 e. The molecule has 14 N–H and O–H groups in total. The van der Waals surface area contributed by atoms with Crippen LogP contribution >= 0.6 is 0 Å². The van der Waals surface area contributed by atoms with Gasteiger partial charge in [0.2, 0.25) is 29.5 Å². The van der Waals surface area contributed by atoms with E-state index in [0.29, 0.717) is 6.42 Å². The molecular formula is C22H41N9O7. The minimum absolute atomic E-state index is 0.0145. The normalized spacial score (nSPS) is 14.6. The Balaban J connectivity index is 5.76. The molecule has 16 nitrogen and oxygen atoms in total. The highest BCUT2D eigenvalue weighted by molar-refractivity contribution is 5.94. The lowest BCUT2D eigenvalue weighted by molar-refractivity contribution is -0.142. The molecule has 0 aliphatic heterocycles. The zero-order valence-electron chi connectivity index (χ0n) is 21.8. The first kappa shape index (κ1) is 34.0. The van der Waals surface area contributed by atoms with Crippen LogP contribution in [-0.2, 0) is 28.8 Å². The summed E-state index contributed by atoms with van der Waals surface area (Å²) in [6, 6.07) is -4.92. The SMILES string of the molecule is CCC(C)C(N)C(=O)NC(CCC(N)=O)C(=O)NC(CCCN=C(N)N)C(=O)NC(CCC(N)=O)C(=O)O. The Kier molecular flexibility index (Phi) is 15.7. The quantitative estimate of drug-likeness (QED) is 0.0439. The van der Waals surface area contributed by atoms with Crippen molar-refractivity contribution in [3.05, 3.63) is 0 Å². The first-order valence-corrected chi connectivity index (χ1v) is 12.2. The molecule has 0 saturated heterocycles. The third kappa shape index (κ3) is 14.0. The summed E-state index contributed by atoms with van der Waals surface area (Å²) in [5, 5.41) is 16.6. The van der Waals surface area contributed by atoms with Gasteiger partial charge in [-0.05, 0) is 31.6 Å². The van der Waals surface area contributed by atoms with E-state index < -0.39 is 59.7 Å². The fraction of sp³-hybridized carbons (Fsp3) is 0.682. The van der Waals surface area contributed by atoms with Gasteiger partial charge in [-0.25, -0.2) is 4.79 Å². The topological polar surface area (TPSA) is 301 Å². The van der Waals surface area contributed by atoms with Crippen molar-refractivity contribution in [2.24, 2.45) is 39.6 Å². The fourth-order valence-corrected chi connectivity index (χ4v) is 3.20. The van der Waals surface area contributed by atoms with E-state index in [2.05, 4.69) is 20.9 Å². The number of carboxylic acid groups (broad SMARTS) is 1. The fourth-order valence-electron chi connectivity index (χ4n) is 3.20. The zero-order chi connectivity index (χ0) is 29.4. The molecule has 0 saturated carbocycles. The molecule has 0 fully saturated rings. The summed E-state index contributed by atoms with van der Waals surface area (Å²) >= 11 is 0. The van der Waals surface area contributed by atoms with Crippen LogP contribution in [0.3, 0.4) is 0 Å². The molecule has 216 valence electrons. The van der Waals surface area contributed by atoms with E-state index in [1.807, 2.05) is 6.92 Å². The standard InChI is InChI=1S/C22H41N9O7/c1-3-11(2)17(25)20(36)30-13(6-8-15(23)32)19(35)29-12(5-4-10-28-22(26)27)18(34)31-14(21(37)38)7-9-16(24)33/h11-14,17H,3-10,25H2,1-2H3,(H2,23,32)(H2,24,33)(H,29,35)(H,30,36)(H,31,34)(H,37,38)(H4,26,27,28). The third-order valence-corrected chi connectivity index (χ3v) is 5.74. The van der Waals surface area contributed by atoms with E-state index in [1.54, 1.807) is 6.92 Å². The molecule has 38 heavy (non-hydrogen) atoms. The number of aliphatic imine (C=N–C) groups is 1. The molecule has 0 aromatic heterocycles. The number of nitrogens with one attached hydrogen (secondary N) is 3. The number of rotatable bonds is 19.